The highest BCUT2D eigenvalue weighted by molar-refractivity contribution is 5.92. The van der Waals surface area contributed by atoms with Gasteiger partial charge in [0, 0.05) is 19.0 Å². The summed E-state index contributed by atoms with van der Waals surface area (Å²) in [6, 6.07) is 3.70. The molecule has 18 heavy (non-hydrogen) atoms. The topological polar surface area (TPSA) is 92.1 Å². The lowest BCUT2D eigenvalue weighted by atomic mass is 10.3. The number of oxime groups is 1. The monoisotopic (exact) mass is 251 g/mol. The molecular weight excluding hydrogens is 234 g/mol. The fourth-order valence-corrected chi connectivity index (χ4v) is 1.81. The van der Waals surface area contributed by atoms with Gasteiger partial charge in [0.05, 0.1) is 0 Å². The standard InChI is InChI=1S/C12H17N3O3/c1-8-2-5-10(18-8)12(16)15(9-3-4-9)7-6-11(13)14-17/h2,5,9,17H,3-4,6-7H2,1H3,(H2,13,14). The summed E-state index contributed by atoms with van der Waals surface area (Å²) in [5.41, 5.74) is 5.42. The van der Waals surface area contributed by atoms with Gasteiger partial charge in [-0.3, -0.25) is 4.79 Å². The number of carbonyl (C=O) groups is 1. The number of amidine groups is 1. The fraction of sp³-hybridized carbons (Fsp3) is 0.500. The van der Waals surface area contributed by atoms with Gasteiger partial charge in [-0.2, -0.15) is 0 Å². The first-order valence-electron chi connectivity index (χ1n) is 5.95. The Morgan fingerprint density at radius 3 is 2.83 bits per heavy atom. The summed E-state index contributed by atoms with van der Waals surface area (Å²) >= 11 is 0. The van der Waals surface area contributed by atoms with E-state index in [1.807, 2.05) is 0 Å². The van der Waals surface area contributed by atoms with Crippen molar-refractivity contribution in [3.05, 3.63) is 23.7 Å². The third kappa shape index (κ3) is 2.82. The molecule has 1 amide bonds. The minimum atomic E-state index is -0.128. The second kappa shape index (κ2) is 5.12. The number of furan rings is 1. The van der Waals surface area contributed by atoms with E-state index in [1.165, 1.54) is 0 Å². The number of nitrogens with two attached hydrogens (primary N) is 1. The zero-order valence-corrected chi connectivity index (χ0v) is 10.3. The van der Waals surface area contributed by atoms with E-state index < -0.39 is 0 Å². The van der Waals surface area contributed by atoms with Crippen molar-refractivity contribution in [2.45, 2.75) is 32.2 Å². The Hall–Kier alpha value is -1.98. The summed E-state index contributed by atoms with van der Waals surface area (Å²) in [4.78, 5) is 14.0. The maximum absolute atomic E-state index is 12.2. The Bertz CT molecular complexity index is 463. The van der Waals surface area contributed by atoms with Crippen molar-refractivity contribution in [3.8, 4) is 0 Å². The molecule has 1 heterocycles. The molecular formula is C12H17N3O3. The molecule has 98 valence electrons. The van der Waals surface area contributed by atoms with E-state index in [2.05, 4.69) is 5.16 Å². The van der Waals surface area contributed by atoms with Crippen LogP contribution >= 0.6 is 0 Å². The average Bonchev–Trinajstić information content (AvgIpc) is 3.10. The number of carbonyl (C=O) groups excluding carboxylic acids is 1. The lowest BCUT2D eigenvalue weighted by molar-refractivity contribution is 0.0714. The van der Waals surface area contributed by atoms with Crippen LogP contribution in [0.5, 0.6) is 0 Å². The average molecular weight is 251 g/mol. The molecule has 1 fully saturated rings. The Morgan fingerprint density at radius 2 is 2.33 bits per heavy atom. The van der Waals surface area contributed by atoms with Crippen molar-refractivity contribution in [1.29, 1.82) is 0 Å². The molecule has 0 aromatic carbocycles. The number of hydrogen-bond donors (Lipinski definition) is 2. The second-order valence-corrected chi connectivity index (χ2v) is 4.48. The van der Waals surface area contributed by atoms with Crippen LogP contribution in [-0.4, -0.2) is 34.4 Å². The van der Waals surface area contributed by atoms with Crippen molar-refractivity contribution < 1.29 is 14.4 Å². The van der Waals surface area contributed by atoms with Crippen molar-refractivity contribution in [1.82, 2.24) is 4.90 Å². The van der Waals surface area contributed by atoms with Gasteiger partial charge in [0.2, 0.25) is 0 Å². The first-order valence-corrected chi connectivity index (χ1v) is 5.95. The Morgan fingerprint density at radius 1 is 1.61 bits per heavy atom. The van der Waals surface area contributed by atoms with Crippen LogP contribution in [-0.2, 0) is 0 Å². The molecule has 1 saturated carbocycles. The number of amides is 1. The van der Waals surface area contributed by atoms with E-state index in [-0.39, 0.29) is 17.8 Å². The number of hydrogen-bond acceptors (Lipinski definition) is 4. The molecule has 6 nitrogen and oxygen atoms in total. The quantitative estimate of drug-likeness (QED) is 0.357. The van der Waals surface area contributed by atoms with Crippen molar-refractivity contribution in [2.24, 2.45) is 10.9 Å². The maximum atomic E-state index is 12.2. The van der Waals surface area contributed by atoms with Gasteiger partial charge in [-0.25, -0.2) is 0 Å². The predicted molar refractivity (Wildman–Crippen MR) is 65.5 cm³/mol. The molecule has 1 aliphatic carbocycles. The van der Waals surface area contributed by atoms with Gasteiger partial charge in [0.15, 0.2) is 5.76 Å². The molecule has 3 N–H and O–H groups in total. The molecule has 0 radical (unpaired) electrons. The van der Waals surface area contributed by atoms with Crippen molar-refractivity contribution in [2.75, 3.05) is 6.54 Å². The van der Waals surface area contributed by atoms with E-state index in [9.17, 15) is 4.79 Å². The lowest BCUT2D eigenvalue weighted by Gasteiger charge is -2.20. The lowest BCUT2D eigenvalue weighted by Crippen LogP contribution is -2.35. The molecule has 1 aromatic heterocycles. The highest BCUT2D eigenvalue weighted by Crippen LogP contribution is 2.28. The smallest absolute Gasteiger partial charge is 0.289 e. The molecule has 0 bridgehead atoms. The summed E-state index contributed by atoms with van der Waals surface area (Å²) < 4.78 is 5.34. The van der Waals surface area contributed by atoms with Gasteiger partial charge in [0.25, 0.3) is 5.91 Å². The van der Waals surface area contributed by atoms with E-state index in [0.29, 0.717) is 24.5 Å². The van der Waals surface area contributed by atoms with Gasteiger partial charge < -0.3 is 20.3 Å². The number of aryl methyl sites for hydroxylation is 1. The summed E-state index contributed by atoms with van der Waals surface area (Å²) in [6.45, 7) is 2.24. The summed E-state index contributed by atoms with van der Waals surface area (Å²) in [5, 5.41) is 11.4. The van der Waals surface area contributed by atoms with Gasteiger partial charge in [0.1, 0.15) is 11.6 Å². The molecule has 0 saturated heterocycles. The first kappa shape index (κ1) is 12.5. The van der Waals surface area contributed by atoms with Crippen LogP contribution in [0.3, 0.4) is 0 Å². The minimum absolute atomic E-state index is 0.128. The molecule has 1 aromatic rings. The Kier molecular flexibility index (Phi) is 3.55. The van der Waals surface area contributed by atoms with Crippen LogP contribution in [0.15, 0.2) is 21.7 Å². The highest BCUT2D eigenvalue weighted by atomic mass is 16.4. The highest BCUT2D eigenvalue weighted by Gasteiger charge is 2.34. The molecule has 0 unspecified atom stereocenters. The van der Waals surface area contributed by atoms with Crippen molar-refractivity contribution in [3.63, 3.8) is 0 Å². The van der Waals surface area contributed by atoms with Crippen LogP contribution in [0.4, 0.5) is 0 Å². The van der Waals surface area contributed by atoms with Gasteiger partial charge in [-0.05, 0) is 31.9 Å². The Balaban J connectivity index is 2.03. The van der Waals surface area contributed by atoms with E-state index in [4.69, 9.17) is 15.4 Å². The van der Waals surface area contributed by atoms with Crippen LogP contribution in [0, 0.1) is 6.92 Å². The molecule has 0 spiro atoms. The zero-order chi connectivity index (χ0) is 13.1. The molecule has 6 heteroatoms. The molecule has 2 rings (SSSR count). The molecule has 0 aliphatic heterocycles. The maximum Gasteiger partial charge on any atom is 0.289 e. The van der Waals surface area contributed by atoms with E-state index in [1.54, 1.807) is 24.0 Å². The van der Waals surface area contributed by atoms with Gasteiger partial charge in [-0.1, -0.05) is 5.16 Å². The van der Waals surface area contributed by atoms with Crippen LogP contribution in [0.25, 0.3) is 0 Å². The summed E-state index contributed by atoms with van der Waals surface area (Å²) in [7, 11) is 0. The number of nitrogens with zero attached hydrogens (tertiary/aromatic N) is 2. The van der Waals surface area contributed by atoms with Crippen LogP contribution in [0.1, 0.15) is 35.6 Å². The van der Waals surface area contributed by atoms with E-state index in [0.717, 1.165) is 12.8 Å². The summed E-state index contributed by atoms with van der Waals surface area (Å²) in [5.74, 6) is 1.06. The van der Waals surface area contributed by atoms with Crippen molar-refractivity contribution >= 4 is 11.7 Å². The summed E-state index contributed by atoms with van der Waals surface area (Å²) in [6.07, 6.45) is 2.36. The predicted octanol–water partition coefficient (Wildman–Crippen LogP) is 1.33. The van der Waals surface area contributed by atoms with Crippen LogP contribution < -0.4 is 5.73 Å². The number of rotatable bonds is 5. The third-order valence-electron chi connectivity index (χ3n) is 2.94. The van der Waals surface area contributed by atoms with Crippen LogP contribution in [0.2, 0.25) is 0 Å². The van der Waals surface area contributed by atoms with Gasteiger partial charge in [-0.15, -0.1) is 0 Å². The van der Waals surface area contributed by atoms with E-state index >= 15 is 0 Å². The SMILES string of the molecule is Cc1ccc(C(=O)N(CCC(N)=NO)C2CC2)o1. The zero-order valence-electron chi connectivity index (χ0n) is 10.3. The Labute approximate surface area is 105 Å². The van der Waals surface area contributed by atoms with Gasteiger partial charge >= 0.3 is 0 Å². The molecule has 1 aliphatic rings. The second-order valence-electron chi connectivity index (χ2n) is 4.48. The normalized spacial score (nSPS) is 15.7. The largest absolute Gasteiger partial charge is 0.456 e. The molecule has 0 atom stereocenters. The third-order valence-corrected chi connectivity index (χ3v) is 2.94. The minimum Gasteiger partial charge on any atom is -0.456 e. The fourth-order valence-electron chi connectivity index (χ4n) is 1.81. The first-order chi connectivity index (χ1) is 8.61.